The summed E-state index contributed by atoms with van der Waals surface area (Å²) in [7, 11) is 5.73. The summed E-state index contributed by atoms with van der Waals surface area (Å²) in [6.07, 6.45) is 3.71. The van der Waals surface area contributed by atoms with Crippen LogP contribution in [0.3, 0.4) is 0 Å². The van der Waals surface area contributed by atoms with E-state index >= 15 is 0 Å². The molecule has 2 rings (SSSR count). The molecule has 2 heterocycles. The predicted molar refractivity (Wildman–Crippen MR) is 108 cm³/mol. The van der Waals surface area contributed by atoms with Gasteiger partial charge in [0, 0.05) is 45.1 Å². The standard InChI is InChI=1S/C16H27N7.HI/c1-6-14-13(15(7-2)23(5)21-14)11-19-16(17-3)18-10-12-8-9-20-22(12)4;/h8-9H,6-7,10-11H2,1-5H3,(H2,17,18,19);1H. The van der Waals surface area contributed by atoms with Gasteiger partial charge in [-0.25, -0.2) is 0 Å². The Kier molecular flexibility index (Phi) is 8.23. The fraction of sp³-hybridized carbons (Fsp3) is 0.562. The molecule has 0 aliphatic rings. The molecule has 24 heavy (non-hydrogen) atoms. The molecule has 0 aromatic carbocycles. The molecule has 0 fully saturated rings. The molecule has 0 radical (unpaired) electrons. The molecule has 2 aromatic rings. The van der Waals surface area contributed by atoms with Gasteiger partial charge in [-0.3, -0.25) is 14.4 Å². The zero-order chi connectivity index (χ0) is 16.8. The van der Waals surface area contributed by atoms with Crippen LogP contribution >= 0.6 is 24.0 Å². The molecule has 0 amide bonds. The van der Waals surface area contributed by atoms with Crippen molar-refractivity contribution in [2.75, 3.05) is 7.05 Å². The van der Waals surface area contributed by atoms with E-state index in [9.17, 15) is 0 Å². The number of rotatable bonds is 6. The predicted octanol–water partition coefficient (Wildman–Crippen LogP) is 1.76. The molecule has 2 aromatic heterocycles. The number of aryl methyl sites for hydroxylation is 3. The number of aromatic nitrogens is 4. The second-order valence-electron chi connectivity index (χ2n) is 5.43. The average Bonchev–Trinajstić information content (AvgIpc) is 3.10. The number of nitrogens with one attached hydrogen (secondary N) is 2. The average molecular weight is 445 g/mol. The second-order valence-corrected chi connectivity index (χ2v) is 5.43. The Morgan fingerprint density at radius 1 is 1.12 bits per heavy atom. The van der Waals surface area contributed by atoms with Gasteiger partial charge in [0.1, 0.15) is 0 Å². The van der Waals surface area contributed by atoms with Gasteiger partial charge in [0.15, 0.2) is 5.96 Å². The molecule has 8 heteroatoms. The van der Waals surface area contributed by atoms with Crippen LogP contribution in [0.15, 0.2) is 17.3 Å². The lowest BCUT2D eigenvalue weighted by molar-refractivity contribution is 0.683. The van der Waals surface area contributed by atoms with Gasteiger partial charge in [-0.15, -0.1) is 24.0 Å². The Labute approximate surface area is 160 Å². The zero-order valence-corrected chi connectivity index (χ0v) is 17.5. The van der Waals surface area contributed by atoms with Gasteiger partial charge in [-0.2, -0.15) is 10.2 Å². The largest absolute Gasteiger partial charge is 0.352 e. The van der Waals surface area contributed by atoms with Crippen LogP contribution in [-0.2, 0) is 40.0 Å². The first-order valence-corrected chi connectivity index (χ1v) is 8.05. The molecule has 0 atom stereocenters. The van der Waals surface area contributed by atoms with Crippen LogP contribution in [0.2, 0.25) is 0 Å². The van der Waals surface area contributed by atoms with E-state index in [1.165, 1.54) is 11.3 Å². The van der Waals surface area contributed by atoms with E-state index < -0.39 is 0 Å². The normalized spacial score (nSPS) is 11.3. The van der Waals surface area contributed by atoms with Crippen molar-refractivity contribution >= 4 is 29.9 Å². The van der Waals surface area contributed by atoms with Crippen molar-refractivity contribution in [2.45, 2.75) is 39.8 Å². The molecule has 0 bridgehead atoms. The van der Waals surface area contributed by atoms with E-state index in [2.05, 4.69) is 39.7 Å². The first-order valence-electron chi connectivity index (χ1n) is 8.05. The van der Waals surface area contributed by atoms with Crippen LogP contribution in [0.25, 0.3) is 0 Å². The molecular formula is C16H28IN7. The fourth-order valence-corrected chi connectivity index (χ4v) is 2.74. The minimum Gasteiger partial charge on any atom is -0.352 e. The summed E-state index contributed by atoms with van der Waals surface area (Å²) < 4.78 is 3.84. The van der Waals surface area contributed by atoms with Crippen molar-refractivity contribution in [1.82, 2.24) is 30.2 Å². The maximum absolute atomic E-state index is 4.61. The Balaban J connectivity index is 0.00000288. The highest BCUT2D eigenvalue weighted by atomic mass is 127. The summed E-state index contributed by atoms with van der Waals surface area (Å²) in [4.78, 5) is 4.29. The van der Waals surface area contributed by atoms with Crippen LogP contribution in [0.1, 0.15) is 36.5 Å². The highest BCUT2D eigenvalue weighted by Crippen LogP contribution is 2.15. The summed E-state index contributed by atoms with van der Waals surface area (Å²) in [5.74, 6) is 0.777. The highest BCUT2D eigenvalue weighted by Gasteiger charge is 2.13. The van der Waals surface area contributed by atoms with Crippen LogP contribution in [0, 0.1) is 0 Å². The molecule has 7 nitrogen and oxygen atoms in total. The van der Waals surface area contributed by atoms with Gasteiger partial charge < -0.3 is 10.6 Å². The zero-order valence-electron chi connectivity index (χ0n) is 15.1. The summed E-state index contributed by atoms with van der Waals surface area (Å²) in [6, 6.07) is 1.99. The Hall–Kier alpha value is -1.58. The van der Waals surface area contributed by atoms with Gasteiger partial charge in [-0.1, -0.05) is 13.8 Å². The van der Waals surface area contributed by atoms with E-state index in [1.807, 2.05) is 29.5 Å². The lowest BCUT2D eigenvalue weighted by atomic mass is 10.1. The van der Waals surface area contributed by atoms with E-state index in [-0.39, 0.29) is 24.0 Å². The number of aliphatic imine (C=N–C) groups is 1. The molecule has 0 spiro atoms. The van der Waals surface area contributed by atoms with Crippen molar-refractivity contribution in [1.29, 1.82) is 0 Å². The van der Waals surface area contributed by atoms with E-state index in [4.69, 9.17) is 0 Å². The molecule has 0 unspecified atom stereocenters. The molecule has 0 aliphatic heterocycles. The van der Waals surface area contributed by atoms with Gasteiger partial charge >= 0.3 is 0 Å². The maximum Gasteiger partial charge on any atom is 0.191 e. The van der Waals surface area contributed by atoms with Crippen LogP contribution in [-0.4, -0.2) is 32.6 Å². The molecule has 0 aliphatic carbocycles. The van der Waals surface area contributed by atoms with Gasteiger partial charge in [0.2, 0.25) is 0 Å². The summed E-state index contributed by atoms with van der Waals surface area (Å²) in [5, 5.41) is 15.5. The second kappa shape index (κ2) is 9.65. The third-order valence-electron chi connectivity index (χ3n) is 4.04. The number of hydrogen-bond acceptors (Lipinski definition) is 3. The van der Waals surface area contributed by atoms with Crippen LogP contribution < -0.4 is 10.6 Å². The lowest BCUT2D eigenvalue weighted by Crippen LogP contribution is -2.37. The number of hydrogen-bond donors (Lipinski definition) is 2. The van der Waals surface area contributed by atoms with Crippen LogP contribution in [0.5, 0.6) is 0 Å². The summed E-state index contributed by atoms with van der Waals surface area (Å²) >= 11 is 0. The molecule has 2 N–H and O–H groups in total. The molecule has 134 valence electrons. The maximum atomic E-state index is 4.61. The van der Waals surface area contributed by atoms with Gasteiger partial charge in [0.05, 0.1) is 17.9 Å². The first kappa shape index (κ1) is 20.5. The smallest absolute Gasteiger partial charge is 0.191 e. The van der Waals surface area contributed by atoms with Gasteiger partial charge in [0.25, 0.3) is 0 Å². The monoisotopic (exact) mass is 445 g/mol. The van der Waals surface area contributed by atoms with Crippen molar-refractivity contribution in [3.8, 4) is 0 Å². The fourth-order valence-electron chi connectivity index (χ4n) is 2.74. The quantitative estimate of drug-likeness (QED) is 0.404. The molecular weight excluding hydrogens is 417 g/mol. The SMILES string of the molecule is CCc1nn(C)c(CC)c1CNC(=NC)NCc1ccnn1C.I. The van der Waals surface area contributed by atoms with Crippen molar-refractivity contribution in [3.05, 3.63) is 34.9 Å². The first-order chi connectivity index (χ1) is 11.1. The van der Waals surface area contributed by atoms with Gasteiger partial charge in [-0.05, 0) is 18.9 Å². The third-order valence-corrected chi connectivity index (χ3v) is 4.04. The van der Waals surface area contributed by atoms with E-state index in [0.717, 1.165) is 36.7 Å². The van der Waals surface area contributed by atoms with E-state index in [0.29, 0.717) is 6.54 Å². The third kappa shape index (κ3) is 4.71. The van der Waals surface area contributed by atoms with Crippen molar-refractivity contribution < 1.29 is 0 Å². The Morgan fingerprint density at radius 3 is 2.38 bits per heavy atom. The molecule has 0 saturated heterocycles. The Morgan fingerprint density at radius 2 is 1.83 bits per heavy atom. The Bertz CT molecular complexity index is 672. The number of halogens is 1. The number of nitrogens with zero attached hydrogens (tertiary/aromatic N) is 5. The van der Waals surface area contributed by atoms with E-state index in [1.54, 1.807) is 13.2 Å². The highest BCUT2D eigenvalue weighted by molar-refractivity contribution is 14.0. The minimum atomic E-state index is 0. The lowest BCUT2D eigenvalue weighted by Gasteiger charge is -2.13. The van der Waals surface area contributed by atoms with Crippen molar-refractivity contribution in [2.24, 2.45) is 19.1 Å². The number of guanidine groups is 1. The summed E-state index contributed by atoms with van der Waals surface area (Å²) in [6.45, 7) is 5.71. The molecule has 0 saturated carbocycles. The van der Waals surface area contributed by atoms with Crippen LogP contribution in [0.4, 0.5) is 0 Å². The summed E-state index contributed by atoms with van der Waals surface area (Å²) in [5.41, 5.74) is 4.81. The van der Waals surface area contributed by atoms with Crippen molar-refractivity contribution in [3.63, 3.8) is 0 Å². The minimum absolute atomic E-state index is 0. The topological polar surface area (TPSA) is 72.1 Å².